The SMILES string of the molecule is C[C@@H](NC(=O)NCCC1(C)OCCO1)c1ccc(F)cc1F. The van der Waals surface area contributed by atoms with Crippen LogP contribution in [0, 0.1) is 11.6 Å². The molecule has 1 aliphatic rings. The number of ether oxygens (including phenoxy) is 2. The van der Waals surface area contributed by atoms with Crippen LogP contribution in [-0.4, -0.2) is 31.6 Å². The Kier molecular flexibility index (Phi) is 5.31. The molecule has 122 valence electrons. The van der Waals surface area contributed by atoms with E-state index >= 15 is 0 Å². The molecule has 2 rings (SSSR count). The highest BCUT2D eigenvalue weighted by Gasteiger charge is 2.30. The molecule has 0 unspecified atom stereocenters. The zero-order valence-corrected chi connectivity index (χ0v) is 12.6. The van der Waals surface area contributed by atoms with Crippen molar-refractivity contribution in [1.82, 2.24) is 10.6 Å². The summed E-state index contributed by atoms with van der Waals surface area (Å²) < 4.78 is 37.3. The lowest BCUT2D eigenvalue weighted by atomic mass is 10.1. The van der Waals surface area contributed by atoms with Crippen molar-refractivity contribution in [2.75, 3.05) is 19.8 Å². The van der Waals surface area contributed by atoms with Crippen molar-refractivity contribution in [3.63, 3.8) is 0 Å². The fourth-order valence-electron chi connectivity index (χ4n) is 2.28. The third-order valence-electron chi connectivity index (χ3n) is 3.54. The van der Waals surface area contributed by atoms with Gasteiger partial charge in [0.2, 0.25) is 0 Å². The molecule has 1 aliphatic heterocycles. The minimum Gasteiger partial charge on any atom is -0.348 e. The third-order valence-corrected chi connectivity index (χ3v) is 3.54. The zero-order valence-electron chi connectivity index (χ0n) is 12.6. The third kappa shape index (κ3) is 4.38. The van der Waals surface area contributed by atoms with Gasteiger partial charge in [-0.2, -0.15) is 0 Å². The summed E-state index contributed by atoms with van der Waals surface area (Å²) in [6.45, 7) is 4.89. The second-order valence-electron chi connectivity index (χ2n) is 5.37. The number of rotatable bonds is 5. The second-order valence-corrected chi connectivity index (χ2v) is 5.37. The Bertz CT molecular complexity index is 534. The summed E-state index contributed by atoms with van der Waals surface area (Å²) in [5, 5.41) is 5.26. The predicted octanol–water partition coefficient (Wildman–Crippen LogP) is 2.48. The topological polar surface area (TPSA) is 59.6 Å². The molecule has 0 spiro atoms. The second kappa shape index (κ2) is 7.02. The lowest BCUT2D eigenvalue weighted by Crippen LogP contribution is -2.40. The van der Waals surface area contributed by atoms with Gasteiger partial charge in [-0.1, -0.05) is 6.07 Å². The standard InChI is InChI=1S/C15H20F2N2O3/c1-10(12-4-3-11(16)9-13(12)17)19-14(20)18-6-5-15(2)21-7-8-22-15/h3-4,9-10H,5-8H2,1-2H3,(H2,18,19,20)/t10-/m1/s1. The number of amides is 2. The Morgan fingerprint density at radius 2 is 2.05 bits per heavy atom. The van der Waals surface area contributed by atoms with Gasteiger partial charge in [0.15, 0.2) is 5.79 Å². The molecule has 1 heterocycles. The Balaban J connectivity index is 1.78. The summed E-state index contributed by atoms with van der Waals surface area (Å²) >= 11 is 0. The highest BCUT2D eigenvalue weighted by atomic mass is 19.1. The van der Waals surface area contributed by atoms with Gasteiger partial charge in [-0.3, -0.25) is 0 Å². The molecule has 1 aromatic carbocycles. The van der Waals surface area contributed by atoms with Crippen LogP contribution in [-0.2, 0) is 9.47 Å². The summed E-state index contributed by atoms with van der Waals surface area (Å²) in [4.78, 5) is 11.8. The lowest BCUT2D eigenvalue weighted by Gasteiger charge is -2.22. The molecule has 1 saturated heterocycles. The van der Waals surface area contributed by atoms with Crippen molar-refractivity contribution < 1.29 is 23.0 Å². The Hall–Kier alpha value is -1.73. The zero-order chi connectivity index (χ0) is 16.2. The van der Waals surface area contributed by atoms with Crippen molar-refractivity contribution in [3.05, 3.63) is 35.4 Å². The summed E-state index contributed by atoms with van der Waals surface area (Å²) in [5.74, 6) is -2.00. The number of urea groups is 1. The Morgan fingerprint density at radius 1 is 1.36 bits per heavy atom. The normalized spacial score (nSPS) is 18.0. The van der Waals surface area contributed by atoms with Gasteiger partial charge in [-0.05, 0) is 19.9 Å². The molecular weight excluding hydrogens is 294 g/mol. The van der Waals surface area contributed by atoms with E-state index in [0.717, 1.165) is 12.1 Å². The number of nitrogens with one attached hydrogen (secondary N) is 2. The largest absolute Gasteiger partial charge is 0.348 e. The minimum absolute atomic E-state index is 0.228. The van der Waals surface area contributed by atoms with Crippen molar-refractivity contribution in [1.29, 1.82) is 0 Å². The lowest BCUT2D eigenvalue weighted by molar-refractivity contribution is -0.145. The predicted molar refractivity (Wildman–Crippen MR) is 76.2 cm³/mol. The highest BCUT2D eigenvalue weighted by molar-refractivity contribution is 5.74. The van der Waals surface area contributed by atoms with Crippen LogP contribution in [0.1, 0.15) is 31.9 Å². The molecule has 2 N–H and O–H groups in total. The first kappa shape index (κ1) is 16.6. The number of hydrogen-bond donors (Lipinski definition) is 2. The van der Waals surface area contributed by atoms with E-state index in [-0.39, 0.29) is 5.56 Å². The molecule has 7 heteroatoms. The number of halogens is 2. The van der Waals surface area contributed by atoms with E-state index in [9.17, 15) is 13.6 Å². The monoisotopic (exact) mass is 314 g/mol. The van der Waals surface area contributed by atoms with Gasteiger partial charge in [0.25, 0.3) is 0 Å². The first-order valence-corrected chi connectivity index (χ1v) is 7.17. The molecule has 0 saturated carbocycles. The van der Waals surface area contributed by atoms with Crippen LogP contribution in [0.4, 0.5) is 13.6 Å². The number of hydrogen-bond acceptors (Lipinski definition) is 3. The quantitative estimate of drug-likeness (QED) is 0.878. The van der Waals surface area contributed by atoms with E-state index in [2.05, 4.69) is 10.6 Å². The van der Waals surface area contributed by atoms with Gasteiger partial charge in [-0.15, -0.1) is 0 Å². The molecule has 2 amide bonds. The molecule has 0 aromatic heterocycles. The van der Waals surface area contributed by atoms with Crippen molar-refractivity contribution in [3.8, 4) is 0 Å². The molecule has 5 nitrogen and oxygen atoms in total. The maximum Gasteiger partial charge on any atom is 0.315 e. The van der Waals surface area contributed by atoms with Crippen molar-refractivity contribution >= 4 is 6.03 Å². The van der Waals surface area contributed by atoms with Crippen LogP contribution >= 0.6 is 0 Å². The van der Waals surface area contributed by atoms with E-state index in [1.807, 2.05) is 6.92 Å². The molecule has 0 radical (unpaired) electrons. The molecule has 0 aliphatic carbocycles. The summed E-state index contributed by atoms with van der Waals surface area (Å²) in [6, 6.07) is 2.26. The Morgan fingerprint density at radius 3 is 2.68 bits per heavy atom. The summed E-state index contributed by atoms with van der Waals surface area (Å²) in [6.07, 6.45) is 0.514. The van der Waals surface area contributed by atoms with E-state index < -0.39 is 29.5 Å². The number of benzene rings is 1. The van der Waals surface area contributed by atoms with Crippen LogP contribution in [0.25, 0.3) is 0 Å². The maximum absolute atomic E-state index is 13.6. The number of carbonyl (C=O) groups excluding carboxylic acids is 1. The first-order valence-electron chi connectivity index (χ1n) is 7.17. The fraction of sp³-hybridized carbons (Fsp3) is 0.533. The highest BCUT2D eigenvalue weighted by Crippen LogP contribution is 2.21. The van der Waals surface area contributed by atoms with E-state index in [4.69, 9.17) is 9.47 Å². The first-order chi connectivity index (χ1) is 10.4. The molecule has 1 aromatic rings. The van der Waals surface area contributed by atoms with E-state index in [1.54, 1.807) is 6.92 Å². The van der Waals surface area contributed by atoms with Gasteiger partial charge >= 0.3 is 6.03 Å². The van der Waals surface area contributed by atoms with Crippen molar-refractivity contribution in [2.45, 2.75) is 32.1 Å². The van der Waals surface area contributed by atoms with Crippen LogP contribution < -0.4 is 10.6 Å². The summed E-state index contributed by atoms with van der Waals surface area (Å²) in [5.41, 5.74) is 0.228. The molecule has 1 atom stereocenters. The van der Waals surface area contributed by atoms with Gasteiger partial charge in [0.05, 0.1) is 19.3 Å². The minimum atomic E-state index is -0.687. The van der Waals surface area contributed by atoms with Crippen LogP contribution in [0.15, 0.2) is 18.2 Å². The molecule has 0 bridgehead atoms. The fourth-order valence-corrected chi connectivity index (χ4v) is 2.28. The van der Waals surface area contributed by atoms with Gasteiger partial charge < -0.3 is 20.1 Å². The molecular formula is C15H20F2N2O3. The van der Waals surface area contributed by atoms with Crippen LogP contribution in [0.5, 0.6) is 0 Å². The average molecular weight is 314 g/mol. The van der Waals surface area contributed by atoms with Crippen LogP contribution in [0.2, 0.25) is 0 Å². The van der Waals surface area contributed by atoms with Crippen LogP contribution in [0.3, 0.4) is 0 Å². The summed E-state index contributed by atoms with van der Waals surface area (Å²) in [7, 11) is 0. The van der Waals surface area contributed by atoms with E-state index in [1.165, 1.54) is 6.07 Å². The molecule has 1 fully saturated rings. The smallest absolute Gasteiger partial charge is 0.315 e. The average Bonchev–Trinajstić information content (AvgIpc) is 2.85. The van der Waals surface area contributed by atoms with E-state index in [0.29, 0.717) is 26.2 Å². The Labute approximate surface area is 128 Å². The van der Waals surface area contributed by atoms with Gasteiger partial charge in [0.1, 0.15) is 11.6 Å². The number of carbonyl (C=O) groups is 1. The van der Waals surface area contributed by atoms with Crippen molar-refractivity contribution in [2.24, 2.45) is 0 Å². The van der Waals surface area contributed by atoms with Gasteiger partial charge in [0, 0.05) is 24.6 Å². The van der Waals surface area contributed by atoms with Gasteiger partial charge in [-0.25, -0.2) is 13.6 Å². The molecule has 22 heavy (non-hydrogen) atoms. The maximum atomic E-state index is 13.6.